The summed E-state index contributed by atoms with van der Waals surface area (Å²) in [5, 5.41) is 3.71. The Morgan fingerprint density at radius 3 is 2.58 bits per heavy atom. The van der Waals surface area contributed by atoms with Gasteiger partial charge in [-0.15, -0.1) is 5.17 Å². The standard InChI is InChI=1S/C24H28N6O3/c1-15-7-4-5-10-20(15)21-11-19-12-25-24(27-28-13-17-8-6-9-18(17)14-28)26-22(19)29(23(21)32)30(33-3)16(2)31/h4-5,7,10-12,17-18H,6,8-9,13-14H2,1-3H3,(H,25,26,27). The smallest absolute Gasteiger partial charge is 0.281 e. The molecule has 0 bridgehead atoms. The number of aryl methyl sites for hydroxylation is 1. The number of amides is 1. The minimum Gasteiger partial charge on any atom is -0.287 e. The highest BCUT2D eigenvalue weighted by Gasteiger charge is 2.36. The van der Waals surface area contributed by atoms with Gasteiger partial charge < -0.3 is 0 Å². The van der Waals surface area contributed by atoms with E-state index in [4.69, 9.17) is 4.84 Å². The number of nitrogens with one attached hydrogen (secondary N) is 1. The zero-order valence-electron chi connectivity index (χ0n) is 19.1. The molecule has 1 aromatic carbocycles. The summed E-state index contributed by atoms with van der Waals surface area (Å²) in [6.07, 6.45) is 5.52. The second-order valence-corrected chi connectivity index (χ2v) is 8.90. The molecule has 1 amide bonds. The average Bonchev–Trinajstić information content (AvgIpc) is 3.38. The summed E-state index contributed by atoms with van der Waals surface area (Å²) in [4.78, 5) is 40.4. The normalized spacial score (nSPS) is 20.2. The molecule has 5 rings (SSSR count). The van der Waals surface area contributed by atoms with Gasteiger partial charge in [0.15, 0.2) is 5.65 Å². The molecule has 2 aromatic heterocycles. The topological polar surface area (TPSA) is 92.6 Å². The molecule has 2 unspecified atom stereocenters. The quantitative estimate of drug-likeness (QED) is 0.600. The van der Waals surface area contributed by atoms with Gasteiger partial charge in [-0.2, -0.15) is 9.66 Å². The molecular formula is C24H28N6O3. The van der Waals surface area contributed by atoms with Crippen molar-refractivity contribution < 1.29 is 9.63 Å². The lowest BCUT2D eigenvalue weighted by Gasteiger charge is -2.23. The molecule has 0 radical (unpaired) electrons. The lowest BCUT2D eigenvalue weighted by atomic mass is 10.0. The minimum atomic E-state index is -0.441. The van der Waals surface area contributed by atoms with E-state index < -0.39 is 11.5 Å². The maximum atomic E-state index is 13.6. The highest BCUT2D eigenvalue weighted by atomic mass is 16.7. The summed E-state index contributed by atoms with van der Waals surface area (Å²) in [7, 11) is 1.35. The SMILES string of the molecule is CON(C(C)=O)n1c(=O)c(-c2ccccc2C)cc2cnc(NN3CC4CCCC4C3)nc21. The molecule has 3 heterocycles. The van der Waals surface area contributed by atoms with Gasteiger partial charge in [0.1, 0.15) is 0 Å². The van der Waals surface area contributed by atoms with Gasteiger partial charge in [-0.1, -0.05) is 30.7 Å². The molecule has 1 aliphatic heterocycles. The third-order valence-corrected chi connectivity index (χ3v) is 6.76. The Balaban J connectivity index is 1.61. The van der Waals surface area contributed by atoms with Crippen molar-refractivity contribution in [2.24, 2.45) is 11.8 Å². The summed E-state index contributed by atoms with van der Waals surface area (Å²) in [6.45, 7) is 5.20. The van der Waals surface area contributed by atoms with Gasteiger partial charge >= 0.3 is 0 Å². The Labute approximate surface area is 191 Å². The first-order valence-corrected chi connectivity index (χ1v) is 11.3. The second kappa shape index (κ2) is 8.57. The lowest BCUT2D eigenvalue weighted by molar-refractivity contribution is -0.126. The molecule has 2 aliphatic rings. The second-order valence-electron chi connectivity index (χ2n) is 8.90. The van der Waals surface area contributed by atoms with Gasteiger partial charge in [-0.25, -0.2) is 9.99 Å². The van der Waals surface area contributed by atoms with Crippen LogP contribution in [0.2, 0.25) is 0 Å². The first-order valence-electron chi connectivity index (χ1n) is 11.3. The Morgan fingerprint density at radius 1 is 1.18 bits per heavy atom. The first kappa shape index (κ1) is 21.5. The van der Waals surface area contributed by atoms with Crippen molar-refractivity contribution in [3.05, 3.63) is 52.4 Å². The number of anilines is 1. The molecule has 2 atom stereocenters. The zero-order valence-corrected chi connectivity index (χ0v) is 19.1. The van der Waals surface area contributed by atoms with Crippen molar-refractivity contribution in [3.63, 3.8) is 0 Å². The Kier molecular flexibility index (Phi) is 5.59. The molecule has 3 aromatic rings. The molecule has 1 aliphatic carbocycles. The number of hydroxylamine groups is 1. The number of aromatic nitrogens is 3. The number of hydrogen-bond acceptors (Lipinski definition) is 7. The molecular weight excluding hydrogens is 420 g/mol. The van der Waals surface area contributed by atoms with E-state index in [1.165, 1.54) is 38.0 Å². The summed E-state index contributed by atoms with van der Waals surface area (Å²) < 4.78 is 1.19. The summed E-state index contributed by atoms with van der Waals surface area (Å²) >= 11 is 0. The summed E-state index contributed by atoms with van der Waals surface area (Å²) in [6, 6.07) is 9.40. The van der Waals surface area contributed by atoms with Crippen molar-refractivity contribution in [1.29, 1.82) is 0 Å². The van der Waals surface area contributed by atoms with E-state index in [9.17, 15) is 9.59 Å². The fourth-order valence-corrected chi connectivity index (χ4v) is 5.19. The number of carbonyl (C=O) groups excluding carboxylic acids is 1. The highest BCUT2D eigenvalue weighted by molar-refractivity contribution is 5.87. The maximum Gasteiger partial charge on any atom is 0.281 e. The minimum absolute atomic E-state index is 0.297. The van der Waals surface area contributed by atoms with Crippen molar-refractivity contribution in [2.75, 3.05) is 30.8 Å². The first-order chi connectivity index (χ1) is 16.0. The predicted octanol–water partition coefficient (Wildman–Crippen LogP) is 2.87. The Hall–Kier alpha value is -3.30. The molecule has 172 valence electrons. The van der Waals surface area contributed by atoms with E-state index >= 15 is 0 Å². The van der Waals surface area contributed by atoms with E-state index in [0.717, 1.165) is 41.2 Å². The number of hydrogen-bond donors (Lipinski definition) is 1. The lowest BCUT2D eigenvalue weighted by Crippen LogP contribution is -2.45. The van der Waals surface area contributed by atoms with Crippen LogP contribution >= 0.6 is 0 Å². The van der Waals surface area contributed by atoms with Gasteiger partial charge in [0.2, 0.25) is 5.95 Å². The monoisotopic (exact) mass is 448 g/mol. The van der Waals surface area contributed by atoms with Crippen LogP contribution in [0.3, 0.4) is 0 Å². The van der Waals surface area contributed by atoms with E-state index in [1.807, 2.05) is 31.2 Å². The van der Waals surface area contributed by atoms with Crippen molar-refractivity contribution in [1.82, 2.24) is 19.7 Å². The van der Waals surface area contributed by atoms with Gasteiger partial charge in [0, 0.05) is 31.6 Å². The van der Waals surface area contributed by atoms with E-state index in [0.29, 0.717) is 22.5 Å². The van der Waals surface area contributed by atoms with Gasteiger partial charge in [0.05, 0.1) is 12.7 Å². The number of hydrazine groups is 1. The third kappa shape index (κ3) is 3.87. The Morgan fingerprint density at radius 2 is 1.91 bits per heavy atom. The van der Waals surface area contributed by atoms with Crippen LogP contribution in [-0.4, -0.2) is 45.8 Å². The average molecular weight is 449 g/mol. The zero-order chi connectivity index (χ0) is 23.1. The molecule has 9 heteroatoms. The largest absolute Gasteiger partial charge is 0.287 e. The number of nitrogens with zero attached hydrogens (tertiary/aromatic N) is 5. The molecule has 1 saturated heterocycles. The predicted molar refractivity (Wildman–Crippen MR) is 126 cm³/mol. The van der Waals surface area contributed by atoms with E-state index in [-0.39, 0.29) is 0 Å². The molecule has 1 saturated carbocycles. The van der Waals surface area contributed by atoms with Crippen molar-refractivity contribution >= 4 is 22.9 Å². The summed E-state index contributed by atoms with van der Waals surface area (Å²) in [5.41, 5.74) is 5.38. The maximum absolute atomic E-state index is 13.6. The van der Waals surface area contributed by atoms with Crippen molar-refractivity contribution in [3.8, 4) is 11.1 Å². The van der Waals surface area contributed by atoms with Crippen molar-refractivity contribution in [2.45, 2.75) is 33.1 Å². The van der Waals surface area contributed by atoms with Gasteiger partial charge in [-0.3, -0.25) is 19.9 Å². The van der Waals surface area contributed by atoms with Crippen LogP contribution in [-0.2, 0) is 9.63 Å². The number of carbonyl (C=O) groups is 1. The van der Waals surface area contributed by atoms with Crippen LogP contribution in [0.25, 0.3) is 22.2 Å². The Bertz CT molecular complexity index is 1260. The number of rotatable bonds is 5. The van der Waals surface area contributed by atoms with Gasteiger partial charge in [0.25, 0.3) is 11.5 Å². The molecule has 2 fully saturated rings. The van der Waals surface area contributed by atoms with Crippen LogP contribution in [0.1, 0.15) is 31.7 Å². The summed E-state index contributed by atoms with van der Waals surface area (Å²) in [5.74, 6) is 1.38. The molecule has 0 spiro atoms. The highest BCUT2D eigenvalue weighted by Crippen LogP contribution is 2.37. The van der Waals surface area contributed by atoms with Crippen LogP contribution in [0.15, 0.2) is 41.3 Å². The van der Waals surface area contributed by atoms with Crippen LogP contribution in [0.4, 0.5) is 5.95 Å². The third-order valence-electron chi connectivity index (χ3n) is 6.76. The molecule has 1 N–H and O–H groups in total. The fraction of sp³-hybridized carbons (Fsp3) is 0.417. The van der Waals surface area contributed by atoms with E-state index in [2.05, 4.69) is 20.4 Å². The van der Waals surface area contributed by atoms with Gasteiger partial charge in [-0.05, 0) is 48.8 Å². The van der Waals surface area contributed by atoms with Crippen LogP contribution in [0, 0.1) is 18.8 Å². The molecule has 33 heavy (non-hydrogen) atoms. The van der Waals surface area contributed by atoms with Crippen LogP contribution in [0.5, 0.6) is 0 Å². The number of benzene rings is 1. The van der Waals surface area contributed by atoms with Crippen LogP contribution < -0.4 is 16.2 Å². The fourth-order valence-electron chi connectivity index (χ4n) is 5.19. The van der Waals surface area contributed by atoms with E-state index in [1.54, 1.807) is 12.3 Å². The number of pyridine rings is 1. The molecule has 9 nitrogen and oxygen atoms in total. The number of fused-ring (bicyclic) bond motifs is 2.